The monoisotopic (exact) mass is 611 g/mol. The molecule has 0 unspecified atom stereocenters. The zero-order valence-electron chi connectivity index (χ0n) is 23.3. The summed E-state index contributed by atoms with van der Waals surface area (Å²) in [4.78, 5) is 19.6. The van der Waals surface area contributed by atoms with Gasteiger partial charge >= 0.3 is 0 Å². The molecule has 3 heterocycles. The number of nitrogens with zero attached hydrogens (tertiary/aromatic N) is 4. The first-order valence-electron chi connectivity index (χ1n) is 13.8. The van der Waals surface area contributed by atoms with Gasteiger partial charge in [-0.3, -0.25) is 4.79 Å². The minimum absolute atomic E-state index is 0.119. The molecule has 8 heteroatoms. The van der Waals surface area contributed by atoms with Gasteiger partial charge in [-0.1, -0.05) is 66.2 Å². The van der Waals surface area contributed by atoms with E-state index < -0.39 is 0 Å². The second kappa shape index (κ2) is 13.0. The molecule has 5 aromatic rings. The third-order valence-electron chi connectivity index (χ3n) is 7.40. The molecule has 0 atom stereocenters. The van der Waals surface area contributed by atoms with Gasteiger partial charge in [0, 0.05) is 36.8 Å². The number of aromatic nitrogens is 3. The molecule has 7 nitrogen and oxygen atoms in total. The maximum absolute atomic E-state index is 12.9. The minimum atomic E-state index is 0.119. The smallest absolute Gasteiger partial charge is 0.254 e. The number of piperidine rings is 1. The molecule has 0 saturated carbocycles. The van der Waals surface area contributed by atoms with Crippen LogP contribution in [0.2, 0.25) is 0 Å². The summed E-state index contributed by atoms with van der Waals surface area (Å²) in [6.45, 7) is 6.34. The van der Waals surface area contributed by atoms with E-state index in [1.165, 1.54) is 5.56 Å². The molecule has 2 N–H and O–H groups in total. The van der Waals surface area contributed by atoms with Crippen LogP contribution in [0, 0.1) is 19.8 Å². The number of aryl methyl sites for hydroxylation is 2. The molecule has 210 valence electrons. The molecule has 1 aliphatic rings. The standard InChI is InChI=1S/C26H26BrN5O2.C7H8/c1-17-6-2-3-7-19(17)26(34)31-12-10-18(11-13-31)15-28-24-14-22(20-8-4-5-9-23(20)33)30-25-21(27)16-29-32(24)25;1-7-5-3-2-4-6-7/h2-9,14,16,18,28,33H,10-13,15H2,1H3;2-6H,1H3. The van der Waals surface area contributed by atoms with E-state index in [1.807, 2.05) is 72.5 Å². The minimum Gasteiger partial charge on any atom is -0.507 e. The van der Waals surface area contributed by atoms with E-state index in [0.717, 1.165) is 53.9 Å². The first kappa shape index (κ1) is 28.4. The van der Waals surface area contributed by atoms with Gasteiger partial charge in [-0.15, -0.1) is 0 Å². The average Bonchev–Trinajstić information content (AvgIpc) is 3.37. The van der Waals surface area contributed by atoms with E-state index in [4.69, 9.17) is 4.98 Å². The first-order valence-corrected chi connectivity index (χ1v) is 14.6. The van der Waals surface area contributed by atoms with E-state index in [2.05, 4.69) is 45.4 Å². The van der Waals surface area contributed by atoms with Crippen LogP contribution in [0.4, 0.5) is 5.82 Å². The molecule has 0 bridgehead atoms. The molecule has 3 aromatic carbocycles. The number of para-hydroxylation sites is 1. The number of phenols is 1. The Morgan fingerprint density at radius 2 is 1.66 bits per heavy atom. The number of hydrogen-bond acceptors (Lipinski definition) is 5. The Hall–Kier alpha value is -4.17. The van der Waals surface area contributed by atoms with Gasteiger partial charge in [0.1, 0.15) is 11.6 Å². The molecule has 6 rings (SSSR count). The highest BCUT2D eigenvalue weighted by Crippen LogP contribution is 2.31. The van der Waals surface area contributed by atoms with Crippen molar-refractivity contribution in [2.45, 2.75) is 26.7 Å². The number of anilines is 1. The van der Waals surface area contributed by atoms with Gasteiger partial charge in [0.15, 0.2) is 5.65 Å². The Morgan fingerprint density at radius 1 is 0.976 bits per heavy atom. The van der Waals surface area contributed by atoms with Gasteiger partial charge < -0.3 is 15.3 Å². The van der Waals surface area contributed by atoms with Gasteiger partial charge in [-0.2, -0.15) is 9.61 Å². The third-order valence-corrected chi connectivity index (χ3v) is 7.96. The number of aromatic hydroxyl groups is 1. The number of benzene rings is 3. The Morgan fingerprint density at radius 3 is 2.34 bits per heavy atom. The lowest BCUT2D eigenvalue weighted by Crippen LogP contribution is -2.40. The van der Waals surface area contributed by atoms with Crippen LogP contribution in [0.1, 0.15) is 34.3 Å². The zero-order valence-corrected chi connectivity index (χ0v) is 24.9. The third kappa shape index (κ3) is 6.77. The Kier molecular flexibility index (Phi) is 8.99. The van der Waals surface area contributed by atoms with E-state index >= 15 is 0 Å². The van der Waals surface area contributed by atoms with E-state index in [-0.39, 0.29) is 11.7 Å². The molecule has 1 saturated heterocycles. The first-order chi connectivity index (χ1) is 19.9. The Bertz CT molecular complexity index is 1630. The fourth-order valence-corrected chi connectivity index (χ4v) is 5.35. The molecule has 0 radical (unpaired) electrons. The van der Waals surface area contributed by atoms with Gasteiger partial charge in [0.2, 0.25) is 0 Å². The Balaban J connectivity index is 0.000000423. The van der Waals surface area contributed by atoms with Crippen LogP contribution in [0.15, 0.2) is 95.6 Å². The topological polar surface area (TPSA) is 82.8 Å². The van der Waals surface area contributed by atoms with Crippen LogP contribution in [0.25, 0.3) is 16.9 Å². The number of carbonyl (C=O) groups excluding carboxylic acids is 1. The van der Waals surface area contributed by atoms with Crippen molar-refractivity contribution in [3.05, 3.63) is 112 Å². The number of hydrogen-bond donors (Lipinski definition) is 2. The Labute approximate surface area is 249 Å². The van der Waals surface area contributed by atoms with Crippen LogP contribution < -0.4 is 5.32 Å². The number of likely N-dealkylation sites (tertiary alicyclic amines) is 1. The van der Waals surface area contributed by atoms with E-state index in [9.17, 15) is 9.90 Å². The molecule has 1 amide bonds. The summed E-state index contributed by atoms with van der Waals surface area (Å²) in [6.07, 6.45) is 3.60. The fourth-order valence-electron chi connectivity index (χ4n) is 5.00. The summed E-state index contributed by atoms with van der Waals surface area (Å²) >= 11 is 3.52. The molecule has 41 heavy (non-hydrogen) atoms. The van der Waals surface area contributed by atoms with Gasteiger partial charge in [-0.05, 0) is 72.3 Å². The normalized spacial score (nSPS) is 13.5. The number of carbonyl (C=O) groups is 1. The van der Waals surface area contributed by atoms with Crippen molar-refractivity contribution in [3.8, 4) is 17.0 Å². The van der Waals surface area contributed by atoms with Gasteiger partial charge in [0.05, 0.1) is 16.4 Å². The lowest BCUT2D eigenvalue weighted by Gasteiger charge is -2.32. The van der Waals surface area contributed by atoms with Crippen LogP contribution in [-0.4, -0.2) is 50.1 Å². The van der Waals surface area contributed by atoms with Gasteiger partial charge in [0.25, 0.3) is 5.91 Å². The van der Waals surface area contributed by atoms with Crippen LogP contribution >= 0.6 is 15.9 Å². The number of halogens is 1. The van der Waals surface area contributed by atoms with Crippen molar-refractivity contribution in [3.63, 3.8) is 0 Å². The lowest BCUT2D eigenvalue weighted by molar-refractivity contribution is 0.0694. The number of phenolic OH excluding ortho intramolecular Hbond substituents is 1. The largest absolute Gasteiger partial charge is 0.507 e. The summed E-state index contributed by atoms with van der Waals surface area (Å²) in [5.41, 5.74) is 5.16. The van der Waals surface area contributed by atoms with Crippen molar-refractivity contribution in [2.75, 3.05) is 25.0 Å². The average molecular weight is 613 g/mol. The highest BCUT2D eigenvalue weighted by Gasteiger charge is 2.24. The van der Waals surface area contributed by atoms with E-state index in [1.54, 1.807) is 22.8 Å². The maximum Gasteiger partial charge on any atom is 0.254 e. The van der Waals surface area contributed by atoms with E-state index in [0.29, 0.717) is 22.8 Å². The van der Waals surface area contributed by atoms with Crippen LogP contribution in [0.3, 0.4) is 0 Å². The molecule has 1 fully saturated rings. The summed E-state index contributed by atoms with van der Waals surface area (Å²) in [5, 5.41) is 18.3. The molecular formula is C33H34BrN5O2. The molecule has 0 aliphatic carbocycles. The molecule has 1 aliphatic heterocycles. The molecule has 0 spiro atoms. The van der Waals surface area contributed by atoms with Gasteiger partial charge in [-0.25, -0.2) is 4.98 Å². The van der Waals surface area contributed by atoms with Crippen molar-refractivity contribution in [2.24, 2.45) is 5.92 Å². The highest BCUT2D eigenvalue weighted by atomic mass is 79.9. The fraction of sp³-hybridized carbons (Fsp3) is 0.242. The second-order valence-corrected chi connectivity index (χ2v) is 11.2. The SMILES string of the molecule is Cc1ccccc1.Cc1ccccc1C(=O)N1CCC(CNc2cc(-c3ccccc3O)nc3c(Br)cnn23)CC1. The van der Waals surface area contributed by atoms with Crippen LogP contribution in [-0.2, 0) is 0 Å². The number of nitrogens with one attached hydrogen (secondary N) is 1. The van der Waals surface area contributed by atoms with Crippen molar-refractivity contribution in [1.82, 2.24) is 19.5 Å². The predicted molar refractivity (Wildman–Crippen MR) is 167 cm³/mol. The van der Waals surface area contributed by atoms with Crippen molar-refractivity contribution >= 4 is 33.3 Å². The number of amides is 1. The summed E-state index contributed by atoms with van der Waals surface area (Å²) in [6, 6.07) is 27.1. The summed E-state index contributed by atoms with van der Waals surface area (Å²) < 4.78 is 2.56. The summed E-state index contributed by atoms with van der Waals surface area (Å²) in [5.74, 6) is 1.56. The second-order valence-electron chi connectivity index (χ2n) is 10.4. The number of fused-ring (bicyclic) bond motifs is 1. The quantitative estimate of drug-likeness (QED) is 0.221. The zero-order chi connectivity index (χ0) is 28.8. The maximum atomic E-state index is 12.9. The number of rotatable bonds is 5. The van der Waals surface area contributed by atoms with Crippen LogP contribution in [0.5, 0.6) is 5.75 Å². The lowest BCUT2D eigenvalue weighted by atomic mass is 9.96. The molecule has 2 aromatic heterocycles. The molecular weight excluding hydrogens is 578 g/mol. The predicted octanol–water partition coefficient (Wildman–Crippen LogP) is 7.13. The highest BCUT2D eigenvalue weighted by molar-refractivity contribution is 9.10. The van der Waals surface area contributed by atoms with Crippen molar-refractivity contribution in [1.29, 1.82) is 0 Å². The van der Waals surface area contributed by atoms with Crippen molar-refractivity contribution < 1.29 is 9.90 Å². The summed E-state index contributed by atoms with van der Waals surface area (Å²) in [7, 11) is 0.